The van der Waals surface area contributed by atoms with Gasteiger partial charge >= 0.3 is 5.97 Å². The first-order valence-electron chi connectivity index (χ1n) is 4.94. The Morgan fingerprint density at radius 2 is 1.76 bits per heavy atom. The van der Waals surface area contributed by atoms with Crippen LogP contribution in [0.15, 0.2) is 18.2 Å². The molecule has 6 nitrogen and oxygen atoms in total. The number of hydrogen-bond donors (Lipinski definition) is 2. The summed E-state index contributed by atoms with van der Waals surface area (Å²) in [7, 11) is 1.27. The average Bonchev–Trinajstić information content (AvgIpc) is 2.27. The van der Waals surface area contributed by atoms with Crippen molar-refractivity contribution in [3.05, 3.63) is 18.2 Å². The maximum Gasteiger partial charge on any atom is 0.315 e. The van der Waals surface area contributed by atoms with Gasteiger partial charge in [0.15, 0.2) is 0 Å². The maximum atomic E-state index is 10.5. The van der Waals surface area contributed by atoms with Gasteiger partial charge in [0.25, 0.3) is 0 Å². The minimum atomic E-state index is -0.616. The average molecular weight is 239 g/mol. The number of nitrogen functional groups attached to an aromatic ring is 2. The number of Topliss-reactive ketones (excluding diaryl/α,β-unsaturated/α-hetero) is 1. The smallest absolute Gasteiger partial charge is 0.315 e. The largest absolute Gasteiger partial charge is 0.468 e. The lowest BCUT2D eigenvalue weighted by molar-refractivity contribution is -0.148. The highest BCUT2D eigenvalue weighted by atomic mass is 16.5. The Labute approximate surface area is 100.0 Å². The van der Waals surface area contributed by atoms with Crippen molar-refractivity contribution in [3.8, 4) is 0 Å². The van der Waals surface area contributed by atoms with Crippen LogP contribution in [0.5, 0.6) is 0 Å². The molecule has 0 bridgehead atoms. The van der Waals surface area contributed by atoms with E-state index in [1.807, 2.05) is 0 Å². The van der Waals surface area contributed by atoms with Gasteiger partial charge in [0.2, 0.25) is 0 Å². The number of rotatable bonds is 2. The molecular formula is C11H17N3O3. The molecule has 0 saturated heterocycles. The highest BCUT2D eigenvalue weighted by molar-refractivity contribution is 5.97. The van der Waals surface area contributed by atoms with E-state index in [0.717, 1.165) is 0 Å². The van der Waals surface area contributed by atoms with E-state index >= 15 is 0 Å². The van der Waals surface area contributed by atoms with Crippen molar-refractivity contribution in [1.82, 2.24) is 4.98 Å². The molecule has 6 heteroatoms. The van der Waals surface area contributed by atoms with Crippen LogP contribution in [0, 0.1) is 5.92 Å². The first kappa shape index (κ1) is 14.9. The van der Waals surface area contributed by atoms with Crippen LogP contribution in [0.2, 0.25) is 0 Å². The number of ether oxygens (including phenoxy) is 1. The molecule has 1 aromatic rings. The molecule has 0 aromatic carbocycles. The molecule has 0 spiro atoms. The van der Waals surface area contributed by atoms with Crippen LogP contribution in [0.4, 0.5) is 11.6 Å². The third-order valence-electron chi connectivity index (χ3n) is 1.96. The van der Waals surface area contributed by atoms with Crippen LogP contribution in [-0.2, 0) is 14.3 Å². The zero-order valence-electron chi connectivity index (χ0n) is 10.1. The lowest BCUT2D eigenvalue weighted by atomic mass is 10.1. The normalized spacial score (nSPS) is 10.8. The second kappa shape index (κ2) is 7.21. The Kier molecular flexibility index (Phi) is 6.32. The summed E-state index contributed by atoms with van der Waals surface area (Å²) >= 11 is 0. The van der Waals surface area contributed by atoms with Gasteiger partial charge in [-0.05, 0) is 26.0 Å². The Bertz CT molecular complexity index is 376. The van der Waals surface area contributed by atoms with E-state index in [1.165, 1.54) is 21.0 Å². The molecule has 0 aliphatic rings. The van der Waals surface area contributed by atoms with Gasteiger partial charge in [-0.2, -0.15) is 0 Å². The number of nitrogens with two attached hydrogens (primary N) is 2. The SMILES string of the molecule is COC(=O)C(C)C(C)=O.Nc1cccc(N)n1. The van der Waals surface area contributed by atoms with Gasteiger partial charge in [-0.3, -0.25) is 9.59 Å². The second-order valence-corrected chi connectivity index (χ2v) is 3.34. The molecular weight excluding hydrogens is 222 g/mol. The molecule has 1 heterocycles. The van der Waals surface area contributed by atoms with Crippen molar-refractivity contribution in [3.63, 3.8) is 0 Å². The highest BCUT2D eigenvalue weighted by Gasteiger charge is 2.16. The number of carbonyl (C=O) groups is 2. The zero-order valence-corrected chi connectivity index (χ0v) is 10.1. The molecule has 1 rings (SSSR count). The van der Waals surface area contributed by atoms with Gasteiger partial charge in [-0.1, -0.05) is 6.07 Å². The fourth-order valence-corrected chi connectivity index (χ4v) is 0.812. The van der Waals surface area contributed by atoms with Crippen molar-refractivity contribution in [2.75, 3.05) is 18.6 Å². The number of anilines is 2. The van der Waals surface area contributed by atoms with Gasteiger partial charge in [-0.15, -0.1) is 0 Å². The molecule has 0 radical (unpaired) electrons. The summed E-state index contributed by atoms with van der Waals surface area (Å²) in [4.78, 5) is 24.7. The van der Waals surface area contributed by atoms with E-state index in [1.54, 1.807) is 18.2 Å². The molecule has 0 fully saturated rings. The van der Waals surface area contributed by atoms with E-state index in [9.17, 15) is 9.59 Å². The number of esters is 1. The summed E-state index contributed by atoms with van der Waals surface area (Å²) in [6.45, 7) is 2.88. The number of nitrogens with zero attached hydrogens (tertiary/aromatic N) is 1. The van der Waals surface area contributed by atoms with E-state index in [0.29, 0.717) is 11.6 Å². The van der Waals surface area contributed by atoms with Crippen LogP contribution in [0.25, 0.3) is 0 Å². The van der Waals surface area contributed by atoms with Crippen molar-refractivity contribution in [2.45, 2.75) is 13.8 Å². The Hall–Kier alpha value is -2.11. The summed E-state index contributed by atoms with van der Waals surface area (Å²) in [5.41, 5.74) is 10.5. The molecule has 1 atom stereocenters. The number of aromatic nitrogens is 1. The van der Waals surface area contributed by atoms with Crippen molar-refractivity contribution >= 4 is 23.4 Å². The first-order chi connectivity index (χ1) is 7.88. The number of pyridine rings is 1. The quantitative estimate of drug-likeness (QED) is 0.578. The van der Waals surface area contributed by atoms with E-state index in [2.05, 4.69) is 9.72 Å². The predicted octanol–water partition coefficient (Wildman–Crippen LogP) is 0.630. The number of methoxy groups -OCH3 is 1. The molecule has 94 valence electrons. The molecule has 0 amide bonds. The van der Waals surface area contributed by atoms with Crippen LogP contribution in [-0.4, -0.2) is 23.8 Å². The highest BCUT2D eigenvalue weighted by Crippen LogP contribution is 1.99. The van der Waals surface area contributed by atoms with Crippen LogP contribution in [0.3, 0.4) is 0 Å². The monoisotopic (exact) mass is 239 g/mol. The van der Waals surface area contributed by atoms with Gasteiger partial charge in [0.05, 0.1) is 7.11 Å². The minimum Gasteiger partial charge on any atom is -0.468 e. The molecule has 0 aliphatic heterocycles. The Morgan fingerprint density at radius 3 is 1.94 bits per heavy atom. The molecule has 17 heavy (non-hydrogen) atoms. The topological polar surface area (TPSA) is 108 Å². The third kappa shape index (κ3) is 6.14. The first-order valence-corrected chi connectivity index (χ1v) is 4.94. The summed E-state index contributed by atoms with van der Waals surface area (Å²) < 4.78 is 4.31. The predicted molar refractivity (Wildman–Crippen MR) is 64.9 cm³/mol. The van der Waals surface area contributed by atoms with Crippen LogP contribution < -0.4 is 11.5 Å². The Morgan fingerprint density at radius 1 is 1.29 bits per heavy atom. The van der Waals surface area contributed by atoms with Gasteiger partial charge in [0, 0.05) is 0 Å². The molecule has 0 aliphatic carbocycles. The summed E-state index contributed by atoms with van der Waals surface area (Å²) in [6.07, 6.45) is 0. The van der Waals surface area contributed by atoms with Gasteiger partial charge < -0.3 is 16.2 Å². The van der Waals surface area contributed by atoms with E-state index in [-0.39, 0.29) is 5.78 Å². The van der Waals surface area contributed by atoms with E-state index in [4.69, 9.17) is 11.5 Å². The molecule has 4 N–H and O–H groups in total. The van der Waals surface area contributed by atoms with Crippen molar-refractivity contribution in [1.29, 1.82) is 0 Å². The number of hydrogen-bond acceptors (Lipinski definition) is 6. The van der Waals surface area contributed by atoms with Crippen LogP contribution in [0.1, 0.15) is 13.8 Å². The molecule has 1 aromatic heterocycles. The fraction of sp³-hybridized carbons (Fsp3) is 0.364. The van der Waals surface area contributed by atoms with Crippen molar-refractivity contribution < 1.29 is 14.3 Å². The third-order valence-corrected chi connectivity index (χ3v) is 1.96. The van der Waals surface area contributed by atoms with Crippen LogP contribution >= 0.6 is 0 Å². The Balaban J connectivity index is 0.000000302. The molecule has 1 unspecified atom stereocenters. The van der Waals surface area contributed by atoms with Gasteiger partial charge in [0.1, 0.15) is 23.3 Å². The second-order valence-electron chi connectivity index (χ2n) is 3.34. The van der Waals surface area contributed by atoms with Crippen molar-refractivity contribution in [2.24, 2.45) is 5.92 Å². The number of carbonyl (C=O) groups excluding carboxylic acids is 2. The van der Waals surface area contributed by atoms with E-state index < -0.39 is 11.9 Å². The zero-order chi connectivity index (χ0) is 13.4. The fourth-order valence-electron chi connectivity index (χ4n) is 0.812. The molecule has 0 saturated carbocycles. The standard InChI is InChI=1S/C6H10O3.C5H7N3/c1-4(5(2)7)6(8)9-3;6-4-2-1-3-5(7)8-4/h4H,1-3H3;1-3H,(H4,6,7,8). The maximum absolute atomic E-state index is 10.5. The minimum absolute atomic E-state index is 0.165. The number of ketones is 1. The summed E-state index contributed by atoms with van der Waals surface area (Å²) in [6, 6.07) is 5.14. The summed E-state index contributed by atoms with van der Waals surface area (Å²) in [5.74, 6) is -0.325. The lowest BCUT2D eigenvalue weighted by Gasteiger charge is -2.02. The van der Waals surface area contributed by atoms with Gasteiger partial charge in [-0.25, -0.2) is 4.98 Å². The lowest BCUT2D eigenvalue weighted by Crippen LogP contribution is -2.19. The summed E-state index contributed by atoms with van der Waals surface area (Å²) in [5, 5.41) is 0.